The van der Waals surface area contributed by atoms with Gasteiger partial charge in [0.2, 0.25) is 11.7 Å². The molecule has 1 amide bonds. The molecule has 1 heterocycles. The van der Waals surface area contributed by atoms with Crippen molar-refractivity contribution >= 4 is 11.7 Å². The van der Waals surface area contributed by atoms with E-state index < -0.39 is 4.92 Å². The second-order valence-corrected chi connectivity index (χ2v) is 5.34. The van der Waals surface area contributed by atoms with Crippen LogP contribution >= 0.6 is 0 Å². The molecule has 0 saturated heterocycles. The van der Waals surface area contributed by atoms with Crippen molar-refractivity contribution in [3.63, 3.8) is 0 Å². The van der Waals surface area contributed by atoms with Crippen LogP contribution in [0.1, 0.15) is 32.5 Å². The molecule has 0 fully saturated rings. The number of carbonyl (C=O) groups is 1. The lowest BCUT2D eigenvalue weighted by Gasteiger charge is -2.14. The van der Waals surface area contributed by atoms with E-state index in [0.29, 0.717) is 25.3 Å². The standard InChI is InChI=1S/C13H22N4O4/c1-9(6-10(2)18)7-14-13(19)4-5-16-8-12(17(20)21)15-11(16)3/h8-10,18H,4-7H2,1-3H3,(H,14,19). The highest BCUT2D eigenvalue weighted by Crippen LogP contribution is 2.10. The summed E-state index contributed by atoms with van der Waals surface area (Å²) in [5.41, 5.74) is 0. The van der Waals surface area contributed by atoms with Crippen LogP contribution in [-0.4, -0.2) is 38.1 Å². The van der Waals surface area contributed by atoms with Crippen LogP contribution < -0.4 is 5.32 Å². The molecule has 8 heteroatoms. The zero-order valence-electron chi connectivity index (χ0n) is 12.6. The van der Waals surface area contributed by atoms with Gasteiger partial charge in [0.05, 0.1) is 6.10 Å². The molecular formula is C13H22N4O4. The van der Waals surface area contributed by atoms with E-state index in [-0.39, 0.29) is 30.2 Å². The number of aryl methyl sites for hydroxylation is 2. The number of nitrogens with one attached hydrogen (secondary N) is 1. The summed E-state index contributed by atoms with van der Waals surface area (Å²) in [7, 11) is 0. The van der Waals surface area contributed by atoms with Crippen molar-refractivity contribution in [1.29, 1.82) is 0 Å². The molecular weight excluding hydrogens is 276 g/mol. The van der Waals surface area contributed by atoms with Gasteiger partial charge in [0.1, 0.15) is 6.20 Å². The largest absolute Gasteiger partial charge is 0.393 e. The molecule has 1 aromatic heterocycles. The van der Waals surface area contributed by atoms with E-state index in [2.05, 4.69) is 10.3 Å². The van der Waals surface area contributed by atoms with E-state index >= 15 is 0 Å². The molecule has 1 rings (SSSR count). The molecule has 0 radical (unpaired) electrons. The number of aliphatic hydroxyl groups excluding tert-OH is 1. The van der Waals surface area contributed by atoms with Gasteiger partial charge in [-0.1, -0.05) is 6.92 Å². The normalized spacial score (nSPS) is 13.7. The van der Waals surface area contributed by atoms with Crippen LogP contribution in [0.4, 0.5) is 5.82 Å². The lowest BCUT2D eigenvalue weighted by atomic mass is 10.0. The Balaban J connectivity index is 2.38. The van der Waals surface area contributed by atoms with Gasteiger partial charge >= 0.3 is 5.82 Å². The van der Waals surface area contributed by atoms with Crippen LogP contribution in [0.2, 0.25) is 0 Å². The summed E-state index contributed by atoms with van der Waals surface area (Å²) in [6, 6.07) is 0. The zero-order chi connectivity index (χ0) is 16.0. The van der Waals surface area contributed by atoms with Gasteiger partial charge in [-0.15, -0.1) is 0 Å². The monoisotopic (exact) mass is 298 g/mol. The third-order valence-electron chi connectivity index (χ3n) is 3.12. The first kappa shape index (κ1) is 17.1. The molecule has 0 saturated carbocycles. The van der Waals surface area contributed by atoms with Crippen molar-refractivity contribution in [3.8, 4) is 0 Å². The molecule has 2 N–H and O–H groups in total. The van der Waals surface area contributed by atoms with Gasteiger partial charge in [0.15, 0.2) is 0 Å². The van der Waals surface area contributed by atoms with E-state index in [9.17, 15) is 20.0 Å². The molecule has 0 aliphatic rings. The van der Waals surface area contributed by atoms with Gasteiger partial charge in [0, 0.05) is 26.4 Å². The molecule has 1 aromatic rings. The second kappa shape index (κ2) is 7.72. The lowest BCUT2D eigenvalue weighted by Crippen LogP contribution is -2.30. The van der Waals surface area contributed by atoms with Gasteiger partial charge < -0.3 is 25.1 Å². The van der Waals surface area contributed by atoms with Crippen molar-refractivity contribution in [2.45, 2.75) is 46.3 Å². The van der Waals surface area contributed by atoms with Crippen LogP contribution in [0, 0.1) is 23.0 Å². The number of amides is 1. The van der Waals surface area contributed by atoms with Crippen LogP contribution in [-0.2, 0) is 11.3 Å². The summed E-state index contributed by atoms with van der Waals surface area (Å²) in [6.45, 7) is 6.19. The highest BCUT2D eigenvalue weighted by Gasteiger charge is 2.15. The second-order valence-electron chi connectivity index (χ2n) is 5.34. The number of hydrogen-bond acceptors (Lipinski definition) is 5. The minimum Gasteiger partial charge on any atom is -0.393 e. The summed E-state index contributed by atoms with van der Waals surface area (Å²) in [5, 5.41) is 22.6. The molecule has 21 heavy (non-hydrogen) atoms. The van der Waals surface area contributed by atoms with E-state index in [4.69, 9.17) is 0 Å². The Kier molecular flexibility index (Phi) is 6.29. The quantitative estimate of drug-likeness (QED) is 0.550. The number of aromatic nitrogens is 2. The molecule has 0 aliphatic heterocycles. The summed E-state index contributed by atoms with van der Waals surface area (Å²) in [5.74, 6) is 0.378. The maximum atomic E-state index is 11.7. The number of nitrogens with zero attached hydrogens (tertiary/aromatic N) is 3. The highest BCUT2D eigenvalue weighted by atomic mass is 16.6. The van der Waals surface area contributed by atoms with Crippen molar-refractivity contribution < 1.29 is 14.8 Å². The number of rotatable bonds is 8. The molecule has 2 unspecified atom stereocenters. The maximum Gasteiger partial charge on any atom is 0.381 e. The van der Waals surface area contributed by atoms with Crippen LogP contribution in [0.25, 0.3) is 0 Å². The van der Waals surface area contributed by atoms with Gasteiger partial charge in [-0.25, -0.2) is 0 Å². The van der Waals surface area contributed by atoms with Gasteiger partial charge in [-0.05, 0) is 29.2 Å². The molecule has 118 valence electrons. The smallest absolute Gasteiger partial charge is 0.381 e. The van der Waals surface area contributed by atoms with Crippen molar-refractivity contribution in [3.05, 3.63) is 22.1 Å². The Hall–Kier alpha value is -1.96. The minimum absolute atomic E-state index is 0.122. The fourth-order valence-corrected chi connectivity index (χ4v) is 2.07. The summed E-state index contributed by atoms with van der Waals surface area (Å²) in [6.07, 6.45) is 1.81. The predicted molar refractivity (Wildman–Crippen MR) is 76.7 cm³/mol. The first-order valence-corrected chi connectivity index (χ1v) is 6.92. The first-order valence-electron chi connectivity index (χ1n) is 6.92. The fourth-order valence-electron chi connectivity index (χ4n) is 2.07. The number of hydrogen-bond donors (Lipinski definition) is 2. The third-order valence-corrected chi connectivity index (χ3v) is 3.12. The molecule has 0 bridgehead atoms. The van der Waals surface area contributed by atoms with Crippen LogP contribution in [0.3, 0.4) is 0 Å². The van der Waals surface area contributed by atoms with Crippen LogP contribution in [0.15, 0.2) is 6.20 Å². The van der Waals surface area contributed by atoms with Crippen molar-refractivity contribution in [2.24, 2.45) is 5.92 Å². The van der Waals surface area contributed by atoms with E-state index in [1.54, 1.807) is 18.4 Å². The maximum absolute atomic E-state index is 11.7. The predicted octanol–water partition coefficient (Wildman–Crippen LogP) is 1.01. The third kappa shape index (κ3) is 5.90. The van der Waals surface area contributed by atoms with Gasteiger partial charge in [-0.3, -0.25) is 4.79 Å². The molecule has 8 nitrogen and oxygen atoms in total. The van der Waals surface area contributed by atoms with Gasteiger partial charge in [-0.2, -0.15) is 0 Å². The molecule has 2 atom stereocenters. The topological polar surface area (TPSA) is 110 Å². The number of nitro groups is 1. The van der Waals surface area contributed by atoms with E-state index in [1.165, 1.54) is 6.20 Å². The average molecular weight is 298 g/mol. The van der Waals surface area contributed by atoms with E-state index in [0.717, 1.165) is 0 Å². The number of carbonyl (C=O) groups excluding carboxylic acids is 1. The zero-order valence-corrected chi connectivity index (χ0v) is 12.6. The van der Waals surface area contributed by atoms with Crippen LogP contribution in [0.5, 0.6) is 0 Å². The van der Waals surface area contributed by atoms with E-state index in [1.807, 2.05) is 6.92 Å². The number of aliphatic hydroxyl groups is 1. The Labute approximate surface area is 123 Å². The Morgan fingerprint density at radius 1 is 1.57 bits per heavy atom. The summed E-state index contributed by atoms with van der Waals surface area (Å²) in [4.78, 5) is 25.6. The summed E-state index contributed by atoms with van der Waals surface area (Å²) >= 11 is 0. The van der Waals surface area contributed by atoms with Gasteiger partial charge in [0.25, 0.3) is 0 Å². The van der Waals surface area contributed by atoms with Crippen molar-refractivity contribution in [2.75, 3.05) is 6.54 Å². The lowest BCUT2D eigenvalue weighted by molar-refractivity contribution is -0.389. The first-order chi connectivity index (χ1) is 9.79. The Morgan fingerprint density at radius 3 is 2.76 bits per heavy atom. The Morgan fingerprint density at radius 2 is 2.24 bits per heavy atom. The molecule has 0 aliphatic carbocycles. The SMILES string of the molecule is Cc1nc([N+](=O)[O-])cn1CCC(=O)NCC(C)CC(C)O. The highest BCUT2D eigenvalue weighted by molar-refractivity contribution is 5.75. The fraction of sp³-hybridized carbons (Fsp3) is 0.692. The number of imidazole rings is 1. The molecule has 0 aromatic carbocycles. The molecule has 0 spiro atoms. The average Bonchev–Trinajstić information content (AvgIpc) is 2.75. The minimum atomic E-state index is -0.554. The Bertz CT molecular complexity index is 498. The summed E-state index contributed by atoms with van der Waals surface area (Å²) < 4.78 is 1.59. The van der Waals surface area contributed by atoms with Crippen molar-refractivity contribution in [1.82, 2.24) is 14.9 Å².